The van der Waals surface area contributed by atoms with Gasteiger partial charge >= 0.3 is 5.97 Å². The number of esters is 1. The minimum absolute atomic E-state index is 0.295. The standard InChI is InChI=1S/C23H25N3O2/c1-24(2)17-10-11-19-18(14-17)22(27)28-23(19,16-12-13-26(5)15-16)20-8-6-7-9-21(20)25(3)4/h6-15H,1-5H3. The molecule has 0 bridgehead atoms. The van der Waals surface area contributed by atoms with Crippen molar-refractivity contribution in [3.63, 3.8) is 0 Å². The summed E-state index contributed by atoms with van der Waals surface area (Å²) in [6, 6.07) is 16.1. The average molecular weight is 375 g/mol. The van der Waals surface area contributed by atoms with Gasteiger partial charge in [0.2, 0.25) is 0 Å². The first-order valence-electron chi connectivity index (χ1n) is 9.29. The van der Waals surface area contributed by atoms with Crippen LogP contribution in [0.3, 0.4) is 0 Å². The van der Waals surface area contributed by atoms with Crippen molar-refractivity contribution in [2.24, 2.45) is 7.05 Å². The van der Waals surface area contributed by atoms with Crippen molar-refractivity contribution < 1.29 is 9.53 Å². The number of para-hydroxylation sites is 1. The first-order chi connectivity index (χ1) is 13.3. The molecule has 0 radical (unpaired) electrons. The van der Waals surface area contributed by atoms with Crippen LogP contribution in [0.2, 0.25) is 0 Å². The van der Waals surface area contributed by atoms with Gasteiger partial charge in [-0.3, -0.25) is 0 Å². The summed E-state index contributed by atoms with van der Waals surface area (Å²) in [5, 5.41) is 0. The van der Waals surface area contributed by atoms with Gasteiger partial charge in [0.05, 0.1) is 5.56 Å². The quantitative estimate of drug-likeness (QED) is 0.653. The Hall–Kier alpha value is -3.21. The summed E-state index contributed by atoms with van der Waals surface area (Å²) in [6.45, 7) is 0. The molecular weight excluding hydrogens is 350 g/mol. The predicted molar refractivity (Wildman–Crippen MR) is 112 cm³/mol. The van der Waals surface area contributed by atoms with Crippen molar-refractivity contribution in [3.05, 3.63) is 83.2 Å². The van der Waals surface area contributed by atoms with Gasteiger partial charge in [0.15, 0.2) is 5.60 Å². The van der Waals surface area contributed by atoms with Crippen molar-refractivity contribution in [3.8, 4) is 0 Å². The number of carbonyl (C=O) groups is 1. The number of carbonyl (C=O) groups excluding carboxylic acids is 1. The van der Waals surface area contributed by atoms with Crippen LogP contribution in [-0.4, -0.2) is 38.7 Å². The van der Waals surface area contributed by atoms with E-state index in [0.717, 1.165) is 28.1 Å². The molecule has 2 heterocycles. The zero-order valence-corrected chi connectivity index (χ0v) is 16.9. The number of rotatable bonds is 4. The summed E-state index contributed by atoms with van der Waals surface area (Å²) in [4.78, 5) is 17.1. The Morgan fingerprint density at radius 3 is 2.32 bits per heavy atom. The number of cyclic esters (lactones) is 1. The fourth-order valence-electron chi connectivity index (χ4n) is 3.98. The third-order valence-corrected chi connectivity index (χ3v) is 5.37. The van der Waals surface area contributed by atoms with Crippen molar-refractivity contribution in [2.45, 2.75) is 5.60 Å². The van der Waals surface area contributed by atoms with E-state index >= 15 is 0 Å². The van der Waals surface area contributed by atoms with Gasteiger partial charge in [-0.15, -0.1) is 0 Å². The Bertz CT molecular complexity index is 1050. The van der Waals surface area contributed by atoms with E-state index in [4.69, 9.17) is 4.74 Å². The molecule has 144 valence electrons. The molecule has 0 saturated carbocycles. The molecule has 1 aliphatic heterocycles. The van der Waals surface area contributed by atoms with Crippen LogP contribution in [-0.2, 0) is 17.4 Å². The van der Waals surface area contributed by atoms with Crippen LogP contribution >= 0.6 is 0 Å². The monoisotopic (exact) mass is 375 g/mol. The van der Waals surface area contributed by atoms with Gasteiger partial charge in [0, 0.05) is 75.7 Å². The van der Waals surface area contributed by atoms with Gasteiger partial charge < -0.3 is 19.1 Å². The second-order valence-corrected chi connectivity index (χ2v) is 7.67. The topological polar surface area (TPSA) is 37.7 Å². The molecular formula is C23H25N3O2. The number of nitrogens with zero attached hydrogens (tertiary/aromatic N) is 3. The number of hydrogen-bond acceptors (Lipinski definition) is 4. The summed E-state index contributed by atoms with van der Waals surface area (Å²) in [5.74, 6) is -0.295. The Morgan fingerprint density at radius 2 is 1.68 bits per heavy atom. The number of anilines is 2. The molecule has 0 amide bonds. The summed E-state index contributed by atoms with van der Waals surface area (Å²) in [6.07, 6.45) is 4.00. The van der Waals surface area contributed by atoms with E-state index < -0.39 is 5.60 Å². The molecule has 0 saturated heterocycles. The van der Waals surface area contributed by atoms with Gasteiger partial charge in [-0.1, -0.05) is 24.3 Å². The van der Waals surface area contributed by atoms with E-state index in [9.17, 15) is 4.79 Å². The van der Waals surface area contributed by atoms with Crippen molar-refractivity contribution >= 4 is 17.3 Å². The van der Waals surface area contributed by atoms with Crippen LogP contribution in [0.5, 0.6) is 0 Å². The molecule has 3 aromatic rings. The van der Waals surface area contributed by atoms with Gasteiger partial charge in [0.1, 0.15) is 0 Å². The largest absolute Gasteiger partial charge is 0.440 e. The molecule has 2 aromatic carbocycles. The van der Waals surface area contributed by atoms with E-state index in [1.807, 2.05) is 99.6 Å². The molecule has 1 aliphatic rings. The van der Waals surface area contributed by atoms with E-state index in [-0.39, 0.29) is 5.97 Å². The Morgan fingerprint density at radius 1 is 0.929 bits per heavy atom. The molecule has 0 N–H and O–H groups in total. The molecule has 0 fully saturated rings. The Balaban J connectivity index is 2.06. The zero-order chi connectivity index (χ0) is 20.1. The van der Waals surface area contributed by atoms with Gasteiger partial charge in [-0.25, -0.2) is 4.79 Å². The lowest BCUT2D eigenvalue weighted by Crippen LogP contribution is -2.31. The molecule has 1 unspecified atom stereocenters. The van der Waals surface area contributed by atoms with E-state index in [0.29, 0.717) is 5.56 Å². The molecule has 1 aromatic heterocycles. The SMILES string of the molecule is CN(C)c1ccc2c(c1)C(=O)OC2(c1ccn(C)c1)c1ccccc1N(C)C. The summed E-state index contributed by atoms with van der Waals surface area (Å²) < 4.78 is 8.21. The van der Waals surface area contributed by atoms with Gasteiger partial charge in [0.25, 0.3) is 0 Å². The fourth-order valence-corrected chi connectivity index (χ4v) is 3.98. The maximum Gasteiger partial charge on any atom is 0.340 e. The zero-order valence-electron chi connectivity index (χ0n) is 16.9. The number of aryl methyl sites for hydroxylation is 1. The Kier molecular flexibility index (Phi) is 4.18. The van der Waals surface area contributed by atoms with Crippen LogP contribution in [0.15, 0.2) is 60.9 Å². The minimum atomic E-state index is -0.973. The third kappa shape index (κ3) is 2.58. The fraction of sp³-hybridized carbons (Fsp3) is 0.261. The van der Waals surface area contributed by atoms with Crippen LogP contribution in [0.4, 0.5) is 11.4 Å². The molecule has 5 nitrogen and oxygen atoms in total. The lowest BCUT2D eigenvalue weighted by Gasteiger charge is -2.32. The minimum Gasteiger partial charge on any atom is -0.440 e. The smallest absolute Gasteiger partial charge is 0.340 e. The average Bonchev–Trinajstić information content (AvgIpc) is 3.23. The first kappa shape index (κ1) is 18.2. The predicted octanol–water partition coefficient (Wildman–Crippen LogP) is 3.62. The first-order valence-corrected chi connectivity index (χ1v) is 9.29. The van der Waals surface area contributed by atoms with Crippen molar-refractivity contribution in [1.82, 2.24) is 4.57 Å². The molecule has 4 rings (SSSR count). The molecule has 28 heavy (non-hydrogen) atoms. The number of aromatic nitrogens is 1. The van der Waals surface area contributed by atoms with Gasteiger partial charge in [-0.05, 0) is 24.3 Å². The van der Waals surface area contributed by atoms with Crippen LogP contribution in [0, 0.1) is 0 Å². The van der Waals surface area contributed by atoms with Gasteiger partial charge in [-0.2, -0.15) is 0 Å². The van der Waals surface area contributed by atoms with E-state index in [1.165, 1.54) is 0 Å². The molecule has 0 spiro atoms. The molecule has 0 aliphatic carbocycles. The van der Waals surface area contributed by atoms with E-state index in [2.05, 4.69) is 11.0 Å². The normalized spacial score (nSPS) is 18.0. The highest BCUT2D eigenvalue weighted by Gasteiger charge is 2.50. The second kappa shape index (κ2) is 6.44. The number of benzene rings is 2. The Labute approximate surface area is 165 Å². The maximum atomic E-state index is 13.0. The number of fused-ring (bicyclic) bond motifs is 1. The lowest BCUT2D eigenvalue weighted by atomic mass is 9.80. The summed E-state index contributed by atoms with van der Waals surface area (Å²) in [7, 11) is 9.91. The molecule has 5 heteroatoms. The second-order valence-electron chi connectivity index (χ2n) is 7.67. The van der Waals surface area contributed by atoms with Crippen LogP contribution < -0.4 is 9.80 Å². The number of hydrogen-bond donors (Lipinski definition) is 0. The summed E-state index contributed by atoms with van der Waals surface area (Å²) >= 11 is 0. The highest BCUT2D eigenvalue weighted by atomic mass is 16.6. The lowest BCUT2D eigenvalue weighted by molar-refractivity contribution is 0.0253. The highest BCUT2D eigenvalue weighted by molar-refractivity contribution is 5.97. The summed E-state index contributed by atoms with van der Waals surface area (Å²) in [5.41, 5.74) is 4.40. The number of ether oxygens (including phenoxy) is 1. The van der Waals surface area contributed by atoms with Crippen LogP contribution in [0.25, 0.3) is 0 Å². The highest BCUT2D eigenvalue weighted by Crippen LogP contribution is 2.50. The van der Waals surface area contributed by atoms with Crippen molar-refractivity contribution in [2.75, 3.05) is 38.0 Å². The van der Waals surface area contributed by atoms with Crippen molar-refractivity contribution in [1.29, 1.82) is 0 Å². The third-order valence-electron chi connectivity index (χ3n) is 5.37. The van der Waals surface area contributed by atoms with E-state index in [1.54, 1.807) is 0 Å². The van der Waals surface area contributed by atoms with Crippen LogP contribution in [0.1, 0.15) is 27.0 Å². The maximum absolute atomic E-state index is 13.0. The molecule has 1 atom stereocenters.